The average molecular weight is 283 g/mol. The van der Waals surface area contributed by atoms with Crippen molar-refractivity contribution in [2.45, 2.75) is 19.4 Å². The minimum absolute atomic E-state index is 0.104. The number of nitrogens with zero attached hydrogens (tertiary/aromatic N) is 3. The van der Waals surface area contributed by atoms with Crippen LogP contribution in [0.2, 0.25) is 0 Å². The lowest BCUT2D eigenvalue weighted by Gasteiger charge is -2.14. The summed E-state index contributed by atoms with van der Waals surface area (Å²) >= 11 is 0. The van der Waals surface area contributed by atoms with Crippen LogP contribution in [-0.4, -0.2) is 14.5 Å². The van der Waals surface area contributed by atoms with Gasteiger partial charge in [0.1, 0.15) is 5.82 Å². The van der Waals surface area contributed by atoms with E-state index in [1.165, 1.54) is 29.1 Å². The Balaban J connectivity index is 2.00. The zero-order valence-electron chi connectivity index (χ0n) is 11.5. The molecule has 0 bridgehead atoms. The van der Waals surface area contributed by atoms with E-state index in [0.29, 0.717) is 17.3 Å². The molecule has 1 atom stereocenters. The first-order valence-electron chi connectivity index (χ1n) is 6.71. The van der Waals surface area contributed by atoms with Crippen molar-refractivity contribution in [3.8, 4) is 0 Å². The summed E-state index contributed by atoms with van der Waals surface area (Å²) in [6.45, 7) is 1.92. The van der Waals surface area contributed by atoms with Crippen LogP contribution in [0.3, 0.4) is 0 Å². The molecule has 0 spiro atoms. The van der Waals surface area contributed by atoms with Gasteiger partial charge in [-0.2, -0.15) is 0 Å². The molecule has 0 aliphatic rings. The molecule has 0 saturated heterocycles. The predicted octanol–water partition coefficient (Wildman–Crippen LogP) is 2.73. The molecule has 106 valence electrons. The Morgan fingerprint density at radius 1 is 1.24 bits per heavy atom. The van der Waals surface area contributed by atoms with Crippen LogP contribution in [0.4, 0.5) is 4.39 Å². The fourth-order valence-corrected chi connectivity index (χ4v) is 2.34. The van der Waals surface area contributed by atoms with E-state index in [1.54, 1.807) is 6.20 Å². The van der Waals surface area contributed by atoms with Crippen molar-refractivity contribution in [1.82, 2.24) is 14.5 Å². The highest BCUT2D eigenvalue weighted by Gasteiger charge is 2.11. The molecule has 0 amide bonds. The van der Waals surface area contributed by atoms with Gasteiger partial charge in [0.15, 0.2) is 0 Å². The first-order valence-corrected chi connectivity index (χ1v) is 6.71. The summed E-state index contributed by atoms with van der Waals surface area (Å²) in [6.07, 6.45) is 3.85. The van der Waals surface area contributed by atoms with Gasteiger partial charge in [0, 0.05) is 24.4 Å². The number of aromatic nitrogens is 3. The molecule has 21 heavy (non-hydrogen) atoms. The quantitative estimate of drug-likeness (QED) is 0.742. The zero-order chi connectivity index (χ0) is 14.8. The first-order chi connectivity index (χ1) is 10.1. The minimum atomic E-state index is -0.434. The van der Waals surface area contributed by atoms with E-state index in [1.807, 2.05) is 25.1 Å². The summed E-state index contributed by atoms with van der Waals surface area (Å²) in [7, 11) is 0. The van der Waals surface area contributed by atoms with Crippen LogP contribution in [0, 0.1) is 5.82 Å². The molecule has 0 fully saturated rings. The number of hydrogen-bond donors (Lipinski definition) is 0. The van der Waals surface area contributed by atoms with Gasteiger partial charge in [0.2, 0.25) is 0 Å². The number of benzene rings is 1. The lowest BCUT2D eigenvalue weighted by atomic mass is 10.1. The second-order valence-electron chi connectivity index (χ2n) is 4.99. The third-order valence-electron chi connectivity index (χ3n) is 3.45. The van der Waals surface area contributed by atoms with Crippen molar-refractivity contribution in [3.63, 3.8) is 0 Å². The minimum Gasteiger partial charge on any atom is -0.295 e. The number of halogens is 1. The molecule has 1 aromatic carbocycles. The van der Waals surface area contributed by atoms with Gasteiger partial charge in [-0.3, -0.25) is 14.3 Å². The Labute approximate surface area is 120 Å². The molecular weight excluding hydrogens is 269 g/mol. The summed E-state index contributed by atoms with van der Waals surface area (Å²) in [6, 6.07) is 9.61. The van der Waals surface area contributed by atoms with Gasteiger partial charge in [-0.05, 0) is 37.3 Å². The molecule has 0 saturated carbocycles. The van der Waals surface area contributed by atoms with Gasteiger partial charge >= 0.3 is 0 Å². The predicted molar refractivity (Wildman–Crippen MR) is 78.6 cm³/mol. The van der Waals surface area contributed by atoms with E-state index in [-0.39, 0.29) is 11.6 Å². The van der Waals surface area contributed by atoms with Crippen LogP contribution in [0.25, 0.3) is 10.9 Å². The smallest absolute Gasteiger partial charge is 0.261 e. The van der Waals surface area contributed by atoms with Gasteiger partial charge in [-0.1, -0.05) is 6.07 Å². The van der Waals surface area contributed by atoms with Gasteiger partial charge in [0.25, 0.3) is 5.56 Å². The van der Waals surface area contributed by atoms with E-state index in [4.69, 9.17) is 0 Å². The third-order valence-corrected chi connectivity index (χ3v) is 3.45. The number of hydrogen-bond acceptors (Lipinski definition) is 3. The van der Waals surface area contributed by atoms with Gasteiger partial charge in [-0.15, -0.1) is 0 Å². The highest BCUT2D eigenvalue weighted by atomic mass is 19.1. The van der Waals surface area contributed by atoms with Gasteiger partial charge in [-0.25, -0.2) is 9.37 Å². The summed E-state index contributed by atoms with van der Waals surface area (Å²) in [5, 5.41) is 0.297. The molecular formula is C16H14FN3O. The molecule has 2 aromatic heterocycles. The Kier molecular flexibility index (Phi) is 3.48. The van der Waals surface area contributed by atoms with E-state index in [2.05, 4.69) is 9.97 Å². The standard InChI is InChI=1S/C16H14FN3O/c1-11(8-13-4-2-3-7-18-13)20-10-19-15-6-5-12(17)9-14(15)16(20)21/h2-7,9-11H,8H2,1H3/t11-/m0/s1. The molecule has 0 aliphatic heterocycles. The Hall–Kier alpha value is -2.56. The topological polar surface area (TPSA) is 47.8 Å². The van der Waals surface area contributed by atoms with Crippen molar-refractivity contribution >= 4 is 10.9 Å². The molecule has 4 nitrogen and oxygen atoms in total. The summed E-state index contributed by atoms with van der Waals surface area (Å²) in [5.74, 6) is -0.434. The van der Waals surface area contributed by atoms with Crippen LogP contribution in [0.1, 0.15) is 18.7 Å². The highest BCUT2D eigenvalue weighted by Crippen LogP contribution is 2.13. The molecule has 3 rings (SSSR count). The lowest BCUT2D eigenvalue weighted by molar-refractivity contribution is 0.517. The van der Waals surface area contributed by atoms with Gasteiger partial charge < -0.3 is 0 Å². The Morgan fingerprint density at radius 2 is 2.10 bits per heavy atom. The van der Waals surface area contributed by atoms with Crippen LogP contribution in [0.15, 0.2) is 53.7 Å². The van der Waals surface area contributed by atoms with Crippen molar-refractivity contribution in [2.75, 3.05) is 0 Å². The van der Waals surface area contributed by atoms with Crippen LogP contribution in [-0.2, 0) is 6.42 Å². The van der Waals surface area contributed by atoms with Crippen molar-refractivity contribution in [3.05, 3.63) is 70.8 Å². The molecule has 0 unspecified atom stereocenters. The van der Waals surface area contributed by atoms with Crippen LogP contribution >= 0.6 is 0 Å². The maximum atomic E-state index is 13.3. The normalized spacial score (nSPS) is 12.5. The Morgan fingerprint density at radius 3 is 2.86 bits per heavy atom. The molecule has 0 N–H and O–H groups in total. The zero-order valence-corrected chi connectivity index (χ0v) is 11.5. The van der Waals surface area contributed by atoms with Crippen LogP contribution < -0.4 is 5.56 Å². The number of fused-ring (bicyclic) bond motifs is 1. The molecule has 5 heteroatoms. The van der Waals surface area contributed by atoms with E-state index < -0.39 is 5.82 Å². The first kappa shape index (κ1) is 13.4. The number of rotatable bonds is 3. The summed E-state index contributed by atoms with van der Waals surface area (Å²) in [5.41, 5.74) is 1.17. The van der Waals surface area contributed by atoms with E-state index >= 15 is 0 Å². The van der Waals surface area contributed by atoms with Crippen molar-refractivity contribution in [1.29, 1.82) is 0 Å². The highest BCUT2D eigenvalue weighted by molar-refractivity contribution is 5.77. The lowest BCUT2D eigenvalue weighted by Crippen LogP contribution is -2.25. The average Bonchev–Trinajstić information content (AvgIpc) is 2.49. The van der Waals surface area contributed by atoms with E-state index in [0.717, 1.165) is 5.69 Å². The third kappa shape index (κ3) is 2.67. The maximum absolute atomic E-state index is 13.3. The molecule has 0 radical (unpaired) electrons. The molecule has 2 heterocycles. The van der Waals surface area contributed by atoms with E-state index in [9.17, 15) is 9.18 Å². The molecule has 3 aromatic rings. The van der Waals surface area contributed by atoms with Crippen molar-refractivity contribution in [2.24, 2.45) is 0 Å². The molecule has 0 aliphatic carbocycles. The fraction of sp³-hybridized carbons (Fsp3) is 0.188. The van der Waals surface area contributed by atoms with Gasteiger partial charge in [0.05, 0.1) is 17.2 Å². The van der Waals surface area contributed by atoms with Crippen molar-refractivity contribution < 1.29 is 4.39 Å². The largest absolute Gasteiger partial charge is 0.295 e. The SMILES string of the molecule is C[C@@H](Cc1ccccn1)n1cnc2ccc(F)cc2c1=O. The van der Waals surface area contributed by atoms with Crippen LogP contribution in [0.5, 0.6) is 0 Å². The Bertz CT molecular complexity index is 830. The fourth-order valence-electron chi connectivity index (χ4n) is 2.34. The second-order valence-corrected chi connectivity index (χ2v) is 4.99. The monoisotopic (exact) mass is 283 g/mol. The maximum Gasteiger partial charge on any atom is 0.261 e. The summed E-state index contributed by atoms with van der Waals surface area (Å²) in [4.78, 5) is 20.9. The summed E-state index contributed by atoms with van der Waals surface area (Å²) < 4.78 is 14.8. The second kappa shape index (κ2) is 5.44. The number of pyridine rings is 1.